The lowest BCUT2D eigenvalue weighted by molar-refractivity contribution is -0.138. The SMILES string of the molecule is O=C(O)CCN(Cc1cccc(Br)c1)C(=O)CCc1ccccn1. The van der Waals surface area contributed by atoms with Gasteiger partial charge in [0.25, 0.3) is 0 Å². The van der Waals surface area contributed by atoms with E-state index >= 15 is 0 Å². The van der Waals surface area contributed by atoms with Gasteiger partial charge in [-0.05, 0) is 36.2 Å². The topological polar surface area (TPSA) is 70.5 Å². The standard InChI is InChI=1S/C18H19BrN2O3/c19-15-5-3-4-14(12-15)13-21(11-9-18(23)24)17(22)8-7-16-6-1-2-10-20-16/h1-6,10,12H,7-9,11,13H2,(H,23,24). The quantitative estimate of drug-likeness (QED) is 0.750. The van der Waals surface area contributed by atoms with Crippen LogP contribution in [-0.4, -0.2) is 33.4 Å². The lowest BCUT2D eigenvalue weighted by atomic mass is 10.1. The van der Waals surface area contributed by atoms with Crippen molar-refractivity contribution in [2.45, 2.75) is 25.8 Å². The van der Waals surface area contributed by atoms with E-state index in [1.165, 1.54) is 0 Å². The van der Waals surface area contributed by atoms with Gasteiger partial charge in [-0.3, -0.25) is 14.6 Å². The molecule has 0 aliphatic rings. The molecule has 1 N–H and O–H groups in total. The number of nitrogens with zero attached hydrogens (tertiary/aromatic N) is 2. The summed E-state index contributed by atoms with van der Waals surface area (Å²) in [7, 11) is 0. The molecular weight excluding hydrogens is 372 g/mol. The van der Waals surface area contributed by atoms with Crippen molar-refractivity contribution in [3.05, 3.63) is 64.4 Å². The van der Waals surface area contributed by atoms with Crippen LogP contribution in [0.15, 0.2) is 53.1 Å². The van der Waals surface area contributed by atoms with Gasteiger partial charge in [0.1, 0.15) is 0 Å². The van der Waals surface area contributed by atoms with Crippen LogP contribution in [0.2, 0.25) is 0 Å². The first-order valence-electron chi connectivity index (χ1n) is 7.68. The maximum atomic E-state index is 12.5. The van der Waals surface area contributed by atoms with Gasteiger partial charge in [0.2, 0.25) is 5.91 Å². The van der Waals surface area contributed by atoms with E-state index in [9.17, 15) is 9.59 Å². The summed E-state index contributed by atoms with van der Waals surface area (Å²) in [6, 6.07) is 13.3. The van der Waals surface area contributed by atoms with Crippen LogP contribution in [-0.2, 0) is 22.6 Å². The first kappa shape index (κ1) is 18.1. The van der Waals surface area contributed by atoms with E-state index in [0.29, 0.717) is 19.4 Å². The Morgan fingerprint density at radius 1 is 1.12 bits per heavy atom. The van der Waals surface area contributed by atoms with Crippen LogP contribution in [0, 0.1) is 0 Å². The molecule has 6 heteroatoms. The lowest BCUT2D eigenvalue weighted by Gasteiger charge is -2.22. The van der Waals surface area contributed by atoms with Crippen molar-refractivity contribution in [1.29, 1.82) is 0 Å². The van der Waals surface area contributed by atoms with Crippen LogP contribution < -0.4 is 0 Å². The highest BCUT2D eigenvalue weighted by Crippen LogP contribution is 2.14. The van der Waals surface area contributed by atoms with Gasteiger partial charge < -0.3 is 10.0 Å². The third-order valence-corrected chi connectivity index (χ3v) is 4.03. The second-order valence-electron chi connectivity index (χ2n) is 5.41. The molecule has 1 amide bonds. The van der Waals surface area contributed by atoms with Crippen molar-refractivity contribution < 1.29 is 14.7 Å². The van der Waals surface area contributed by atoms with Crippen molar-refractivity contribution in [2.24, 2.45) is 0 Å². The maximum Gasteiger partial charge on any atom is 0.305 e. The molecule has 0 bridgehead atoms. The number of carboxylic acid groups (broad SMARTS) is 1. The molecule has 5 nitrogen and oxygen atoms in total. The second-order valence-corrected chi connectivity index (χ2v) is 6.33. The zero-order valence-electron chi connectivity index (χ0n) is 13.2. The van der Waals surface area contributed by atoms with Crippen LogP contribution in [0.1, 0.15) is 24.1 Å². The number of carbonyl (C=O) groups is 2. The summed E-state index contributed by atoms with van der Waals surface area (Å²) in [6.07, 6.45) is 2.49. The minimum Gasteiger partial charge on any atom is -0.481 e. The highest BCUT2D eigenvalue weighted by atomic mass is 79.9. The van der Waals surface area contributed by atoms with E-state index in [0.717, 1.165) is 15.7 Å². The molecule has 1 aromatic heterocycles. The molecule has 0 radical (unpaired) electrons. The number of rotatable bonds is 8. The monoisotopic (exact) mass is 390 g/mol. The van der Waals surface area contributed by atoms with E-state index in [1.54, 1.807) is 11.1 Å². The molecule has 1 heterocycles. The zero-order chi connectivity index (χ0) is 17.4. The van der Waals surface area contributed by atoms with Gasteiger partial charge in [-0.2, -0.15) is 0 Å². The molecule has 0 aliphatic heterocycles. The summed E-state index contributed by atoms with van der Waals surface area (Å²) in [6.45, 7) is 0.594. The van der Waals surface area contributed by atoms with Gasteiger partial charge in [0.15, 0.2) is 0 Å². The molecule has 1 aromatic carbocycles. The van der Waals surface area contributed by atoms with Crippen molar-refractivity contribution in [1.82, 2.24) is 9.88 Å². The summed E-state index contributed by atoms with van der Waals surface area (Å²) in [4.78, 5) is 29.2. The Morgan fingerprint density at radius 3 is 2.62 bits per heavy atom. The number of pyridine rings is 1. The van der Waals surface area contributed by atoms with Gasteiger partial charge in [-0.25, -0.2) is 0 Å². The van der Waals surface area contributed by atoms with Gasteiger partial charge in [-0.15, -0.1) is 0 Å². The molecular formula is C18H19BrN2O3. The number of aryl methyl sites for hydroxylation is 1. The lowest BCUT2D eigenvalue weighted by Crippen LogP contribution is -2.32. The summed E-state index contributed by atoms with van der Waals surface area (Å²) >= 11 is 3.41. The molecule has 0 saturated carbocycles. The van der Waals surface area contributed by atoms with Crippen LogP contribution >= 0.6 is 15.9 Å². The van der Waals surface area contributed by atoms with E-state index in [4.69, 9.17) is 5.11 Å². The molecule has 24 heavy (non-hydrogen) atoms. The van der Waals surface area contributed by atoms with Crippen LogP contribution in [0.5, 0.6) is 0 Å². The predicted octanol–water partition coefficient (Wildman–Crippen LogP) is 3.28. The summed E-state index contributed by atoms with van der Waals surface area (Å²) in [5, 5.41) is 8.91. The number of carbonyl (C=O) groups excluding carboxylic acids is 1. The van der Waals surface area contributed by atoms with Gasteiger partial charge in [0.05, 0.1) is 6.42 Å². The third-order valence-electron chi connectivity index (χ3n) is 3.53. The molecule has 0 aliphatic carbocycles. The third kappa shape index (κ3) is 6.12. The number of benzene rings is 1. The Bertz CT molecular complexity index is 692. The van der Waals surface area contributed by atoms with Gasteiger partial charge in [0, 0.05) is 35.9 Å². The first-order chi connectivity index (χ1) is 11.5. The smallest absolute Gasteiger partial charge is 0.305 e. The highest BCUT2D eigenvalue weighted by Gasteiger charge is 2.15. The average molecular weight is 391 g/mol. The fourth-order valence-corrected chi connectivity index (χ4v) is 2.76. The summed E-state index contributed by atoms with van der Waals surface area (Å²) in [5.41, 5.74) is 1.81. The van der Waals surface area contributed by atoms with Crippen molar-refractivity contribution in [3.8, 4) is 0 Å². The fourth-order valence-electron chi connectivity index (χ4n) is 2.32. The number of carboxylic acids is 1. The Hall–Kier alpha value is -2.21. The molecule has 126 valence electrons. The Balaban J connectivity index is 2.00. The number of halogens is 1. The minimum absolute atomic E-state index is 0.0661. The van der Waals surface area contributed by atoms with Crippen molar-refractivity contribution in [3.63, 3.8) is 0 Å². The minimum atomic E-state index is -0.910. The van der Waals surface area contributed by atoms with Crippen molar-refractivity contribution >= 4 is 27.8 Å². The van der Waals surface area contributed by atoms with E-state index in [1.807, 2.05) is 42.5 Å². The Kier molecular flexibility index (Phi) is 6.93. The summed E-state index contributed by atoms with van der Waals surface area (Å²) < 4.78 is 0.930. The number of hydrogen-bond donors (Lipinski definition) is 1. The van der Waals surface area contributed by atoms with Crippen LogP contribution in [0.3, 0.4) is 0 Å². The maximum absolute atomic E-state index is 12.5. The Morgan fingerprint density at radius 2 is 1.96 bits per heavy atom. The molecule has 0 saturated heterocycles. The van der Waals surface area contributed by atoms with Crippen LogP contribution in [0.25, 0.3) is 0 Å². The molecule has 0 spiro atoms. The molecule has 0 atom stereocenters. The van der Waals surface area contributed by atoms with E-state index in [-0.39, 0.29) is 18.9 Å². The number of amides is 1. The fraction of sp³-hybridized carbons (Fsp3) is 0.278. The molecule has 2 rings (SSSR count). The molecule has 2 aromatic rings. The van der Waals surface area contributed by atoms with Gasteiger partial charge in [-0.1, -0.05) is 34.1 Å². The number of aromatic nitrogens is 1. The normalized spacial score (nSPS) is 10.4. The largest absolute Gasteiger partial charge is 0.481 e. The number of hydrogen-bond acceptors (Lipinski definition) is 3. The average Bonchev–Trinajstić information content (AvgIpc) is 2.57. The highest BCUT2D eigenvalue weighted by molar-refractivity contribution is 9.10. The second kappa shape index (κ2) is 9.17. The molecule has 0 unspecified atom stereocenters. The van der Waals surface area contributed by atoms with Gasteiger partial charge >= 0.3 is 5.97 Å². The molecule has 0 fully saturated rings. The van der Waals surface area contributed by atoms with Crippen molar-refractivity contribution in [2.75, 3.05) is 6.54 Å². The predicted molar refractivity (Wildman–Crippen MR) is 94.4 cm³/mol. The Labute approximate surface area is 149 Å². The van der Waals surface area contributed by atoms with E-state index in [2.05, 4.69) is 20.9 Å². The zero-order valence-corrected chi connectivity index (χ0v) is 14.8. The van der Waals surface area contributed by atoms with E-state index < -0.39 is 5.97 Å². The number of aliphatic carboxylic acids is 1. The first-order valence-corrected chi connectivity index (χ1v) is 8.48. The summed E-state index contributed by atoms with van der Waals surface area (Å²) in [5.74, 6) is -0.978. The van der Waals surface area contributed by atoms with Crippen LogP contribution in [0.4, 0.5) is 0 Å².